The van der Waals surface area contributed by atoms with Gasteiger partial charge in [0.15, 0.2) is 0 Å². The van der Waals surface area contributed by atoms with Crippen molar-refractivity contribution in [3.8, 4) is 0 Å². The number of nitrogens with zero attached hydrogens (tertiary/aromatic N) is 2. The molecule has 0 saturated heterocycles. The van der Waals surface area contributed by atoms with Crippen LogP contribution in [0, 0.1) is 0 Å². The minimum atomic E-state index is -0.478. The third kappa shape index (κ3) is 3.67. The van der Waals surface area contributed by atoms with Gasteiger partial charge < -0.3 is 10.1 Å². The number of H-pyrrole nitrogens is 1. The molecule has 0 spiro atoms. The minimum absolute atomic E-state index is 0.108. The third-order valence-electron chi connectivity index (χ3n) is 1.83. The molecule has 1 aromatic heterocycles. The Morgan fingerprint density at radius 2 is 2.40 bits per heavy atom. The summed E-state index contributed by atoms with van der Waals surface area (Å²) in [4.78, 5) is 15.2. The van der Waals surface area contributed by atoms with E-state index in [1.165, 1.54) is 0 Å². The molecule has 0 aliphatic rings. The summed E-state index contributed by atoms with van der Waals surface area (Å²) in [7, 11) is 1.89. The number of aromatic nitrogens is 3. The van der Waals surface area contributed by atoms with Crippen LogP contribution >= 0.6 is 0 Å². The highest BCUT2D eigenvalue weighted by molar-refractivity contribution is 5.84. The lowest BCUT2D eigenvalue weighted by Gasteiger charge is -1.95. The fraction of sp³-hybridized carbons (Fsp3) is 0.667. The largest absolute Gasteiger partial charge is 0.460 e. The van der Waals surface area contributed by atoms with Crippen LogP contribution in [0.15, 0.2) is 0 Å². The van der Waals surface area contributed by atoms with Crippen molar-refractivity contribution in [2.75, 3.05) is 20.2 Å². The first-order chi connectivity index (χ1) is 7.27. The quantitative estimate of drug-likeness (QED) is 0.517. The number of hydrogen-bond acceptors (Lipinski definition) is 5. The molecule has 1 aromatic rings. The second-order valence-electron chi connectivity index (χ2n) is 3.03. The van der Waals surface area contributed by atoms with Gasteiger partial charge in [0.1, 0.15) is 5.82 Å². The maximum Gasteiger partial charge on any atom is 0.378 e. The molecule has 6 nitrogen and oxygen atoms in total. The minimum Gasteiger partial charge on any atom is -0.460 e. The van der Waals surface area contributed by atoms with E-state index in [4.69, 9.17) is 4.74 Å². The van der Waals surface area contributed by atoms with E-state index in [0.717, 1.165) is 19.4 Å². The van der Waals surface area contributed by atoms with Crippen LogP contribution in [0.4, 0.5) is 0 Å². The van der Waals surface area contributed by atoms with E-state index < -0.39 is 5.97 Å². The van der Waals surface area contributed by atoms with E-state index in [2.05, 4.69) is 20.5 Å². The molecule has 84 valence electrons. The monoisotopic (exact) mass is 212 g/mol. The van der Waals surface area contributed by atoms with Gasteiger partial charge in [-0.15, -0.1) is 5.10 Å². The zero-order valence-corrected chi connectivity index (χ0v) is 9.04. The van der Waals surface area contributed by atoms with Crippen LogP contribution in [0.1, 0.15) is 29.8 Å². The van der Waals surface area contributed by atoms with E-state index in [9.17, 15) is 4.79 Å². The maximum atomic E-state index is 11.2. The summed E-state index contributed by atoms with van der Waals surface area (Å²) in [6.07, 6.45) is 1.72. The van der Waals surface area contributed by atoms with Crippen LogP contribution in [0.3, 0.4) is 0 Å². The standard InChI is InChI=1S/C9H16N4O2/c1-3-15-9(14)8-11-7(12-13-8)5-4-6-10-2/h10H,3-6H2,1-2H3,(H,11,12,13). The maximum absolute atomic E-state index is 11.2. The summed E-state index contributed by atoms with van der Waals surface area (Å²) >= 11 is 0. The van der Waals surface area contributed by atoms with Crippen molar-refractivity contribution >= 4 is 5.97 Å². The number of rotatable bonds is 6. The summed E-state index contributed by atoms with van der Waals surface area (Å²) in [5.74, 6) is 0.346. The molecule has 0 aliphatic carbocycles. The van der Waals surface area contributed by atoms with Crippen LogP contribution in [0.5, 0.6) is 0 Å². The van der Waals surface area contributed by atoms with Crippen molar-refractivity contribution in [3.63, 3.8) is 0 Å². The Morgan fingerprint density at radius 1 is 1.60 bits per heavy atom. The van der Waals surface area contributed by atoms with Gasteiger partial charge in [0.2, 0.25) is 0 Å². The van der Waals surface area contributed by atoms with Crippen LogP contribution in [0.25, 0.3) is 0 Å². The molecule has 0 bridgehead atoms. The van der Waals surface area contributed by atoms with Gasteiger partial charge in [0.05, 0.1) is 6.61 Å². The van der Waals surface area contributed by atoms with E-state index in [1.54, 1.807) is 6.92 Å². The van der Waals surface area contributed by atoms with Gasteiger partial charge in [-0.2, -0.15) is 0 Å². The molecule has 0 radical (unpaired) electrons. The molecule has 6 heteroatoms. The number of nitrogens with one attached hydrogen (secondary N) is 2. The molecule has 0 aromatic carbocycles. The van der Waals surface area contributed by atoms with Gasteiger partial charge in [0.25, 0.3) is 5.82 Å². The van der Waals surface area contributed by atoms with Crippen molar-refractivity contribution in [2.24, 2.45) is 0 Å². The molecule has 1 rings (SSSR count). The van der Waals surface area contributed by atoms with Crippen molar-refractivity contribution in [2.45, 2.75) is 19.8 Å². The van der Waals surface area contributed by atoms with Gasteiger partial charge >= 0.3 is 5.97 Å². The Bertz CT molecular complexity index is 311. The van der Waals surface area contributed by atoms with Crippen LogP contribution in [0.2, 0.25) is 0 Å². The molecule has 0 aliphatic heterocycles. The predicted molar refractivity (Wildman–Crippen MR) is 54.6 cm³/mol. The highest BCUT2D eigenvalue weighted by atomic mass is 16.5. The number of esters is 1. The highest BCUT2D eigenvalue weighted by Gasteiger charge is 2.12. The van der Waals surface area contributed by atoms with Gasteiger partial charge in [-0.3, -0.25) is 5.10 Å². The lowest BCUT2D eigenvalue weighted by atomic mass is 10.3. The zero-order valence-electron chi connectivity index (χ0n) is 9.04. The lowest BCUT2D eigenvalue weighted by molar-refractivity contribution is 0.0512. The Labute approximate surface area is 88.4 Å². The normalized spacial score (nSPS) is 10.3. The fourth-order valence-corrected chi connectivity index (χ4v) is 1.13. The van der Waals surface area contributed by atoms with Crippen molar-refractivity contribution < 1.29 is 9.53 Å². The molecule has 0 atom stereocenters. The molecule has 0 saturated carbocycles. The Morgan fingerprint density at radius 3 is 3.07 bits per heavy atom. The molecular weight excluding hydrogens is 196 g/mol. The second kappa shape index (κ2) is 6.13. The molecule has 15 heavy (non-hydrogen) atoms. The van der Waals surface area contributed by atoms with E-state index in [0.29, 0.717) is 12.4 Å². The van der Waals surface area contributed by atoms with Crippen LogP contribution in [-0.4, -0.2) is 41.3 Å². The molecule has 0 amide bonds. The number of aromatic amines is 1. The Kier molecular flexibility index (Phi) is 4.76. The average molecular weight is 212 g/mol. The zero-order chi connectivity index (χ0) is 11.1. The molecular formula is C9H16N4O2. The van der Waals surface area contributed by atoms with Gasteiger partial charge in [-0.05, 0) is 26.9 Å². The summed E-state index contributed by atoms with van der Waals surface area (Å²) in [5, 5.41) is 9.53. The number of aryl methyl sites for hydroxylation is 1. The van der Waals surface area contributed by atoms with Crippen molar-refractivity contribution in [3.05, 3.63) is 11.6 Å². The second-order valence-corrected chi connectivity index (χ2v) is 3.03. The van der Waals surface area contributed by atoms with E-state index in [1.807, 2.05) is 7.05 Å². The first-order valence-corrected chi connectivity index (χ1v) is 5.01. The number of ether oxygens (including phenoxy) is 1. The summed E-state index contributed by atoms with van der Waals surface area (Å²) in [6, 6.07) is 0. The molecule has 0 unspecified atom stereocenters. The van der Waals surface area contributed by atoms with Gasteiger partial charge in [-0.25, -0.2) is 9.78 Å². The predicted octanol–water partition coefficient (Wildman–Crippen LogP) is 0.133. The van der Waals surface area contributed by atoms with Gasteiger partial charge in [-0.1, -0.05) is 0 Å². The van der Waals surface area contributed by atoms with Crippen LogP contribution in [-0.2, 0) is 11.2 Å². The topological polar surface area (TPSA) is 79.9 Å². The highest BCUT2D eigenvalue weighted by Crippen LogP contribution is 1.98. The Hall–Kier alpha value is -1.43. The van der Waals surface area contributed by atoms with Crippen molar-refractivity contribution in [1.82, 2.24) is 20.5 Å². The summed E-state index contributed by atoms with van der Waals surface area (Å²) in [6.45, 7) is 3.00. The SMILES string of the molecule is CCOC(=O)c1n[nH]c(CCCNC)n1. The van der Waals surface area contributed by atoms with Crippen LogP contribution < -0.4 is 5.32 Å². The average Bonchev–Trinajstić information content (AvgIpc) is 2.67. The number of carbonyl (C=O) groups is 1. The van der Waals surface area contributed by atoms with Gasteiger partial charge in [0, 0.05) is 6.42 Å². The molecule has 0 fully saturated rings. The number of hydrogen-bond donors (Lipinski definition) is 2. The first-order valence-electron chi connectivity index (χ1n) is 5.01. The number of carbonyl (C=O) groups excluding carboxylic acids is 1. The van der Waals surface area contributed by atoms with Crippen molar-refractivity contribution in [1.29, 1.82) is 0 Å². The van der Waals surface area contributed by atoms with E-state index >= 15 is 0 Å². The molecule has 2 N–H and O–H groups in total. The summed E-state index contributed by atoms with van der Waals surface area (Å²) in [5.41, 5.74) is 0. The smallest absolute Gasteiger partial charge is 0.378 e. The van der Waals surface area contributed by atoms with E-state index in [-0.39, 0.29) is 5.82 Å². The molecule has 1 heterocycles. The fourth-order valence-electron chi connectivity index (χ4n) is 1.13. The Balaban J connectivity index is 2.45. The third-order valence-corrected chi connectivity index (χ3v) is 1.83. The first kappa shape index (κ1) is 11.6. The summed E-state index contributed by atoms with van der Waals surface area (Å²) < 4.78 is 4.77. The lowest BCUT2D eigenvalue weighted by Crippen LogP contribution is -2.09.